The van der Waals surface area contributed by atoms with Crippen molar-refractivity contribution in [1.29, 1.82) is 0 Å². The molecule has 102 valence electrons. The third-order valence-electron chi connectivity index (χ3n) is 2.80. The molecule has 5 heteroatoms. The zero-order valence-corrected chi connectivity index (χ0v) is 14.0. The number of nitrogens with one attached hydrogen (secondary N) is 1. The van der Waals surface area contributed by atoms with Crippen LogP contribution in [-0.4, -0.2) is 22.3 Å². The highest BCUT2D eigenvalue weighted by molar-refractivity contribution is 9.10. The Bertz CT molecular complexity index is 427. The van der Waals surface area contributed by atoms with E-state index in [9.17, 15) is 4.21 Å². The Morgan fingerprint density at radius 3 is 2.67 bits per heavy atom. The van der Waals surface area contributed by atoms with Gasteiger partial charge in [0.1, 0.15) is 0 Å². The van der Waals surface area contributed by atoms with Crippen LogP contribution < -0.4 is 5.32 Å². The molecule has 0 heterocycles. The van der Waals surface area contributed by atoms with Gasteiger partial charge in [0.05, 0.1) is 0 Å². The van der Waals surface area contributed by atoms with E-state index in [0.29, 0.717) is 6.04 Å². The SMILES string of the molecule is CC(CCS(C)=O)NC(C)c1ccc(Br)cc1Cl. The molecule has 0 spiro atoms. The molecule has 0 fully saturated rings. The predicted molar refractivity (Wildman–Crippen MR) is 83.7 cm³/mol. The lowest BCUT2D eigenvalue weighted by Gasteiger charge is -2.21. The molecule has 0 aliphatic carbocycles. The molecular formula is C13H19BrClNOS. The zero-order chi connectivity index (χ0) is 13.7. The van der Waals surface area contributed by atoms with Gasteiger partial charge in [0.25, 0.3) is 0 Å². The third-order valence-corrected chi connectivity index (χ3v) is 4.43. The van der Waals surface area contributed by atoms with Crippen LogP contribution in [0.25, 0.3) is 0 Å². The van der Waals surface area contributed by atoms with Crippen LogP contribution in [0.5, 0.6) is 0 Å². The molecular weight excluding hydrogens is 334 g/mol. The first kappa shape index (κ1) is 16.2. The highest BCUT2D eigenvalue weighted by atomic mass is 79.9. The van der Waals surface area contributed by atoms with Crippen molar-refractivity contribution in [1.82, 2.24) is 5.32 Å². The van der Waals surface area contributed by atoms with E-state index >= 15 is 0 Å². The summed E-state index contributed by atoms with van der Waals surface area (Å²) in [6.07, 6.45) is 2.64. The predicted octanol–water partition coefficient (Wildman–Crippen LogP) is 3.91. The summed E-state index contributed by atoms with van der Waals surface area (Å²) in [4.78, 5) is 0. The summed E-state index contributed by atoms with van der Waals surface area (Å²) in [6, 6.07) is 6.43. The largest absolute Gasteiger partial charge is 0.308 e. The molecule has 0 amide bonds. The average molecular weight is 353 g/mol. The average Bonchev–Trinajstić information content (AvgIpc) is 2.26. The Kier molecular flexibility index (Phi) is 6.85. The molecule has 0 bridgehead atoms. The van der Waals surface area contributed by atoms with E-state index < -0.39 is 10.8 Å². The minimum Gasteiger partial charge on any atom is -0.308 e. The molecule has 1 N–H and O–H groups in total. The fourth-order valence-electron chi connectivity index (χ4n) is 1.80. The number of rotatable bonds is 6. The Balaban J connectivity index is 2.59. The van der Waals surface area contributed by atoms with Crippen molar-refractivity contribution in [3.05, 3.63) is 33.3 Å². The molecule has 1 aromatic rings. The molecule has 0 saturated carbocycles. The van der Waals surface area contributed by atoms with Gasteiger partial charge >= 0.3 is 0 Å². The Morgan fingerprint density at radius 1 is 1.44 bits per heavy atom. The number of hydrogen-bond donors (Lipinski definition) is 1. The van der Waals surface area contributed by atoms with Gasteiger partial charge in [0.15, 0.2) is 0 Å². The lowest BCUT2D eigenvalue weighted by Crippen LogP contribution is -2.30. The molecule has 1 aromatic carbocycles. The number of halogens is 2. The maximum absolute atomic E-state index is 11.1. The van der Waals surface area contributed by atoms with Gasteiger partial charge in [-0.2, -0.15) is 0 Å². The molecule has 0 saturated heterocycles. The van der Waals surface area contributed by atoms with Crippen molar-refractivity contribution < 1.29 is 4.21 Å². The van der Waals surface area contributed by atoms with Gasteiger partial charge in [-0.1, -0.05) is 33.6 Å². The summed E-state index contributed by atoms with van der Waals surface area (Å²) in [6.45, 7) is 4.20. The lowest BCUT2D eigenvalue weighted by atomic mass is 10.1. The summed E-state index contributed by atoms with van der Waals surface area (Å²) in [5.74, 6) is 0.731. The summed E-state index contributed by atoms with van der Waals surface area (Å²) < 4.78 is 12.0. The summed E-state index contributed by atoms with van der Waals surface area (Å²) in [5.41, 5.74) is 1.09. The van der Waals surface area contributed by atoms with Crippen LogP contribution in [0.15, 0.2) is 22.7 Å². The molecule has 3 unspecified atom stereocenters. The molecule has 0 aromatic heterocycles. The normalized spacial score (nSPS) is 16.3. The first-order chi connectivity index (χ1) is 8.40. The van der Waals surface area contributed by atoms with E-state index in [1.807, 2.05) is 18.2 Å². The Hall–Kier alpha value is 0.1000. The van der Waals surface area contributed by atoms with Crippen molar-refractivity contribution in [2.75, 3.05) is 12.0 Å². The fraction of sp³-hybridized carbons (Fsp3) is 0.538. The number of hydrogen-bond acceptors (Lipinski definition) is 2. The zero-order valence-electron chi connectivity index (χ0n) is 10.9. The van der Waals surface area contributed by atoms with Crippen molar-refractivity contribution in [2.24, 2.45) is 0 Å². The summed E-state index contributed by atoms with van der Waals surface area (Å²) in [7, 11) is -0.725. The van der Waals surface area contributed by atoms with Crippen LogP contribution >= 0.6 is 27.5 Å². The van der Waals surface area contributed by atoms with Gasteiger partial charge in [-0.25, -0.2) is 0 Å². The summed E-state index contributed by atoms with van der Waals surface area (Å²) in [5, 5.41) is 4.24. The first-order valence-corrected chi connectivity index (χ1v) is 8.81. The van der Waals surface area contributed by atoms with Gasteiger partial charge in [0.2, 0.25) is 0 Å². The van der Waals surface area contributed by atoms with Gasteiger partial charge in [0, 0.05) is 44.4 Å². The monoisotopic (exact) mass is 351 g/mol. The van der Waals surface area contributed by atoms with E-state index in [0.717, 1.165) is 27.2 Å². The molecule has 1 rings (SSSR count). The number of benzene rings is 1. The molecule has 18 heavy (non-hydrogen) atoms. The maximum atomic E-state index is 11.1. The summed E-state index contributed by atoms with van der Waals surface area (Å²) >= 11 is 9.62. The first-order valence-electron chi connectivity index (χ1n) is 5.91. The smallest absolute Gasteiger partial charge is 0.0464 e. The van der Waals surface area contributed by atoms with Crippen LogP contribution in [0.4, 0.5) is 0 Å². The minimum atomic E-state index is -0.725. The molecule has 0 aliphatic heterocycles. The Morgan fingerprint density at radius 2 is 2.11 bits per heavy atom. The van der Waals surface area contributed by atoms with Crippen molar-refractivity contribution in [3.63, 3.8) is 0 Å². The van der Waals surface area contributed by atoms with E-state index in [1.54, 1.807) is 6.26 Å². The molecule has 0 aliphatic rings. The van der Waals surface area contributed by atoms with Gasteiger partial charge in [-0.3, -0.25) is 4.21 Å². The standard InChI is InChI=1S/C13H19BrClNOS/c1-9(6-7-18(3)17)16-10(2)12-5-4-11(14)8-13(12)15/h4-5,8-10,16H,6-7H2,1-3H3. The second-order valence-electron chi connectivity index (χ2n) is 4.52. The minimum absolute atomic E-state index is 0.186. The van der Waals surface area contributed by atoms with E-state index in [-0.39, 0.29) is 6.04 Å². The van der Waals surface area contributed by atoms with Crippen LogP contribution in [0.3, 0.4) is 0 Å². The second kappa shape index (κ2) is 7.63. The molecule has 3 atom stereocenters. The molecule has 2 nitrogen and oxygen atoms in total. The van der Waals surface area contributed by atoms with Gasteiger partial charge < -0.3 is 5.32 Å². The van der Waals surface area contributed by atoms with Gasteiger partial charge in [-0.15, -0.1) is 0 Å². The van der Waals surface area contributed by atoms with Crippen molar-refractivity contribution >= 4 is 38.3 Å². The van der Waals surface area contributed by atoms with Crippen LogP contribution in [0.2, 0.25) is 5.02 Å². The highest BCUT2D eigenvalue weighted by Crippen LogP contribution is 2.26. The third kappa shape index (κ3) is 5.39. The highest BCUT2D eigenvalue weighted by Gasteiger charge is 2.12. The lowest BCUT2D eigenvalue weighted by molar-refractivity contribution is 0.470. The Labute approximate surface area is 125 Å². The van der Waals surface area contributed by atoms with E-state index in [1.165, 1.54) is 0 Å². The van der Waals surface area contributed by atoms with Crippen LogP contribution in [0.1, 0.15) is 31.9 Å². The van der Waals surface area contributed by atoms with Crippen molar-refractivity contribution in [2.45, 2.75) is 32.4 Å². The molecule has 0 radical (unpaired) electrons. The maximum Gasteiger partial charge on any atom is 0.0464 e. The quantitative estimate of drug-likeness (QED) is 0.841. The van der Waals surface area contributed by atoms with Crippen molar-refractivity contribution in [3.8, 4) is 0 Å². The van der Waals surface area contributed by atoms with E-state index in [2.05, 4.69) is 35.1 Å². The topological polar surface area (TPSA) is 29.1 Å². The van der Waals surface area contributed by atoms with Crippen LogP contribution in [-0.2, 0) is 10.8 Å². The second-order valence-corrected chi connectivity index (χ2v) is 7.40. The van der Waals surface area contributed by atoms with Crippen LogP contribution in [0, 0.1) is 0 Å². The van der Waals surface area contributed by atoms with E-state index in [4.69, 9.17) is 11.6 Å². The fourth-order valence-corrected chi connectivity index (χ4v) is 3.32. The van der Waals surface area contributed by atoms with Gasteiger partial charge in [-0.05, 0) is 38.0 Å².